The quantitative estimate of drug-likeness (QED) is 0.299. The Kier molecular flexibility index (Phi) is 6.24. The number of carbonyl (C=O) groups excluding carboxylic acids is 2. The Bertz CT molecular complexity index is 1210. The molecule has 4 rings (SSSR count). The number of anilines is 1. The summed E-state index contributed by atoms with van der Waals surface area (Å²) in [6.45, 7) is 1.92. The zero-order valence-corrected chi connectivity index (χ0v) is 19.3. The lowest BCUT2D eigenvalue weighted by Gasteiger charge is -2.50. The van der Waals surface area contributed by atoms with E-state index in [0.717, 1.165) is 21.9 Å². The minimum atomic E-state index is -1.20. The van der Waals surface area contributed by atoms with Gasteiger partial charge in [-0.2, -0.15) is 0 Å². The van der Waals surface area contributed by atoms with Gasteiger partial charge in [0.05, 0.1) is 17.2 Å². The molecule has 0 saturated carbocycles. The first-order chi connectivity index (χ1) is 15.8. The van der Waals surface area contributed by atoms with Gasteiger partial charge in [0, 0.05) is 10.3 Å². The molecular weight excluding hydrogens is 468 g/mol. The summed E-state index contributed by atoms with van der Waals surface area (Å²) in [6.07, 6.45) is 4.37. The molecule has 2 aliphatic heterocycles. The molecule has 0 spiro atoms. The molecular formula is C20H20N6O5S2. The first-order valence-electron chi connectivity index (χ1n) is 9.83. The number of nitrogens with one attached hydrogen (secondary N) is 1. The molecule has 0 aromatic carbocycles. The summed E-state index contributed by atoms with van der Waals surface area (Å²) in [4.78, 5) is 52.9. The van der Waals surface area contributed by atoms with Crippen LogP contribution in [0.15, 0.2) is 33.4 Å². The van der Waals surface area contributed by atoms with Gasteiger partial charge in [-0.25, -0.2) is 14.8 Å². The van der Waals surface area contributed by atoms with E-state index in [0.29, 0.717) is 18.4 Å². The number of hydrogen-bond acceptors (Lipinski definition) is 10. The van der Waals surface area contributed by atoms with Gasteiger partial charge >= 0.3 is 5.97 Å². The molecule has 0 bridgehead atoms. The van der Waals surface area contributed by atoms with Gasteiger partial charge in [-0.15, -0.1) is 22.7 Å². The number of aromatic nitrogens is 2. The number of allylic oxidation sites excluding steroid dienone is 2. The molecule has 4 N–H and O–H groups in total. The van der Waals surface area contributed by atoms with Crippen molar-refractivity contribution >= 4 is 57.4 Å². The van der Waals surface area contributed by atoms with Crippen molar-refractivity contribution < 1.29 is 24.3 Å². The molecule has 2 amide bonds. The van der Waals surface area contributed by atoms with Crippen molar-refractivity contribution in [2.75, 3.05) is 12.8 Å². The van der Waals surface area contributed by atoms with Gasteiger partial charge < -0.3 is 21.0 Å². The number of nitrogens with two attached hydrogens (primary N) is 1. The summed E-state index contributed by atoms with van der Waals surface area (Å²) in [5, 5.41) is 17.9. The van der Waals surface area contributed by atoms with E-state index < -0.39 is 29.9 Å². The molecule has 33 heavy (non-hydrogen) atoms. The fourth-order valence-corrected chi connectivity index (χ4v) is 4.92. The van der Waals surface area contributed by atoms with Crippen LogP contribution in [0.4, 0.5) is 5.13 Å². The highest BCUT2D eigenvalue weighted by Gasteiger charge is 2.53. The zero-order chi connectivity index (χ0) is 23.7. The van der Waals surface area contributed by atoms with Crippen molar-refractivity contribution in [3.05, 3.63) is 44.5 Å². The van der Waals surface area contributed by atoms with Gasteiger partial charge in [0.25, 0.3) is 11.8 Å². The topological polar surface area (TPSA) is 160 Å². The molecule has 11 nitrogen and oxygen atoms in total. The molecule has 2 aromatic rings. The number of thiazole rings is 2. The Morgan fingerprint density at radius 2 is 2.18 bits per heavy atom. The minimum Gasteiger partial charge on any atom is -0.477 e. The van der Waals surface area contributed by atoms with Crippen LogP contribution in [0.5, 0.6) is 0 Å². The third-order valence-corrected chi connectivity index (χ3v) is 6.80. The normalized spacial score (nSPS) is 20.6. The summed E-state index contributed by atoms with van der Waals surface area (Å²) >= 11 is 2.63. The van der Waals surface area contributed by atoms with E-state index in [2.05, 4.69) is 20.4 Å². The van der Waals surface area contributed by atoms with E-state index in [1.165, 1.54) is 23.3 Å². The minimum absolute atomic E-state index is 0.0797. The van der Waals surface area contributed by atoms with Crippen molar-refractivity contribution in [3.63, 3.8) is 0 Å². The smallest absolute Gasteiger partial charge is 0.352 e. The number of nitrogens with zero attached hydrogens (tertiary/aromatic N) is 4. The Labute approximate surface area is 196 Å². The molecule has 0 radical (unpaired) electrons. The SMILES string of the molecule is CO/N=C(/C(=O)N[C@@H]1C(=O)N2C(C(=O)O)=C(/C=C\c3ncsc3C)CC[C@H]12)c1csc(N)n1. The van der Waals surface area contributed by atoms with Crippen molar-refractivity contribution in [1.82, 2.24) is 20.2 Å². The van der Waals surface area contributed by atoms with E-state index in [1.54, 1.807) is 23.0 Å². The molecule has 2 aromatic heterocycles. The van der Waals surface area contributed by atoms with Crippen LogP contribution in [0.3, 0.4) is 0 Å². The summed E-state index contributed by atoms with van der Waals surface area (Å²) < 4.78 is 0. The lowest BCUT2D eigenvalue weighted by atomic mass is 9.83. The largest absolute Gasteiger partial charge is 0.477 e. The number of β-lactam (4-membered cyclic amide) rings is 1. The van der Waals surface area contributed by atoms with Crippen LogP contribution in [0.25, 0.3) is 6.08 Å². The Morgan fingerprint density at radius 3 is 2.79 bits per heavy atom. The van der Waals surface area contributed by atoms with Crippen LogP contribution in [-0.2, 0) is 19.2 Å². The highest BCUT2D eigenvalue weighted by Crippen LogP contribution is 2.37. The van der Waals surface area contributed by atoms with Crippen molar-refractivity contribution in [1.29, 1.82) is 0 Å². The number of nitrogen functional groups attached to an aromatic ring is 1. The summed E-state index contributed by atoms with van der Waals surface area (Å²) in [7, 11) is 1.28. The number of aryl methyl sites for hydroxylation is 1. The fraction of sp³-hybridized carbons (Fsp3) is 0.300. The number of amides is 2. The van der Waals surface area contributed by atoms with E-state index in [4.69, 9.17) is 10.6 Å². The number of rotatable bonds is 7. The molecule has 13 heteroatoms. The van der Waals surface area contributed by atoms with Gasteiger partial charge in [0.15, 0.2) is 10.8 Å². The number of oxime groups is 1. The standard InChI is InChI=1S/C20H20N6O5S2/c1-9-11(22-8-33-9)5-3-10-4-6-13-15(18(28)26(13)16(10)19(29)30)24-17(27)14(25-31-2)12-7-32-20(21)23-12/h3,5,7-8,13,15H,4,6H2,1-2H3,(H2,21,23)(H,24,27)(H,29,30)/b5-3-,25-14+/t13-,15+/m1/s1. The van der Waals surface area contributed by atoms with Crippen LogP contribution < -0.4 is 11.1 Å². The zero-order valence-electron chi connectivity index (χ0n) is 17.6. The lowest BCUT2D eigenvalue weighted by molar-refractivity contribution is -0.155. The summed E-state index contributed by atoms with van der Waals surface area (Å²) in [5.74, 6) is -2.37. The van der Waals surface area contributed by atoms with Gasteiger partial charge in [-0.05, 0) is 31.4 Å². The van der Waals surface area contributed by atoms with Crippen molar-refractivity contribution in [2.24, 2.45) is 5.16 Å². The third kappa shape index (κ3) is 4.24. The number of aliphatic carboxylic acids is 1. The first kappa shape index (κ1) is 22.6. The predicted octanol–water partition coefficient (Wildman–Crippen LogP) is 1.38. The average molecular weight is 489 g/mol. The van der Waals surface area contributed by atoms with E-state index in [9.17, 15) is 19.5 Å². The van der Waals surface area contributed by atoms with E-state index in [-0.39, 0.29) is 22.2 Å². The highest BCUT2D eigenvalue weighted by atomic mass is 32.1. The third-order valence-electron chi connectivity index (χ3n) is 5.35. The molecule has 1 saturated heterocycles. The van der Waals surface area contributed by atoms with E-state index in [1.807, 2.05) is 6.92 Å². The van der Waals surface area contributed by atoms with Gasteiger partial charge in [-0.1, -0.05) is 11.2 Å². The van der Waals surface area contributed by atoms with Gasteiger partial charge in [0.1, 0.15) is 24.5 Å². The second kappa shape index (κ2) is 9.11. The summed E-state index contributed by atoms with van der Waals surface area (Å²) in [6, 6.07) is -1.36. The molecule has 172 valence electrons. The summed E-state index contributed by atoms with van der Waals surface area (Å²) in [5.41, 5.74) is 8.65. The molecule has 1 fully saturated rings. The van der Waals surface area contributed by atoms with Crippen LogP contribution in [0.2, 0.25) is 0 Å². The second-order valence-corrected chi connectivity index (χ2v) is 9.21. The van der Waals surface area contributed by atoms with Crippen LogP contribution in [0, 0.1) is 6.92 Å². The number of fused-ring (bicyclic) bond motifs is 1. The van der Waals surface area contributed by atoms with Crippen molar-refractivity contribution in [3.8, 4) is 0 Å². The number of hydrogen-bond donors (Lipinski definition) is 3. The Morgan fingerprint density at radius 1 is 1.39 bits per heavy atom. The number of carbonyl (C=O) groups is 3. The number of carboxylic acids is 1. The van der Waals surface area contributed by atoms with E-state index >= 15 is 0 Å². The van der Waals surface area contributed by atoms with Crippen LogP contribution in [-0.4, -0.2) is 62.7 Å². The van der Waals surface area contributed by atoms with Gasteiger partial charge in [-0.3, -0.25) is 14.5 Å². The molecule has 0 unspecified atom stereocenters. The predicted molar refractivity (Wildman–Crippen MR) is 122 cm³/mol. The maximum atomic E-state index is 12.9. The average Bonchev–Trinajstić information content (AvgIpc) is 3.40. The fourth-order valence-electron chi connectivity index (χ4n) is 3.81. The first-order valence-corrected chi connectivity index (χ1v) is 11.6. The van der Waals surface area contributed by atoms with Crippen LogP contribution >= 0.6 is 22.7 Å². The Hall–Kier alpha value is -3.58. The highest BCUT2D eigenvalue weighted by molar-refractivity contribution is 7.13. The Balaban J connectivity index is 1.54. The molecule has 2 atom stereocenters. The van der Waals surface area contributed by atoms with Gasteiger partial charge in [0.2, 0.25) is 0 Å². The van der Waals surface area contributed by atoms with Crippen molar-refractivity contribution in [2.45, 2.75) is 31.8 Å². The maximum absolute atomic E-state index is 12.9. The molecule has 0 aliphatic carbocycles. The monoisotopic (exact) mass is 488 g/mol. The lowest BCUT2D eigenvalue weighted by Crippen LogP contribution is -2.72. The number of carboxylic acid groups (broad SMARTS) is 1. The maximum Gasteiger partial charge on any atom is 0.352 e. The molecule has 4 heterocycles. The van der Waals surface area contributed by atoms with Crippen LogP contribution in [0.1, 0.15) is 29.1 Å². The second-order valence-electron chi connectivity index (χ2n) is 7.26. The molecule has 2 aliphatic rings.